The molecule has 11 heteroatoms. The van der Waals surface area contributed by atoms with Crippen molar-refractivity contribution in [3.05, 3.63) is 0 Å². The van der Waals surface area contributed by atoms with E-state index in [1.54, 1.807) is 6.92 Å². The van der Waals surface area contributed by atoms with Gasteiger partial charge in [-0.15, -0.1) is 0 Å². The summed E-state index contributed by atoms with van der Waals surface area (Å²) in [5.74, 6) is -3.55. The number of carboxylic acid groups (broad SMARTS) is 1. The highest BCUT2D eigenvalue weighted by Crippen LogP contribution is 2.05. The zero-order chi connectivity index (χ0) is 19.6. The highest BCUT2D eigenvalue weighted by Gasteiger charge is 2.28. The molecule has 0 aromatic carbocycles. The van der Waals surface area contributed by atoms with Crippen LogP contribution in [0.25, 0.3) is 0 Å². The second-order valence-corrected chi connectivity index (χ2v) is 5.88. The van der Waals surface area contributed by atoms with E-state index in [0.717, 1.165) is 0 Å². The van der Waals surface area contributed by atoms with Crippen molar-refractivity contribution in [3.8, 4) is 0 Å². The van der Waals surface area contributed by atoms with Crippen LogP contribution < -0.4 is 21.7 Å². The molecule has 4 atom stereocenters. The number of thiol groups is 1. The minimum atomic E-state index is -1.35. The van der Waals surface area contributed by atoms with Crippen LogP contribution in [-0.2, 0) is 19.2 Å². The topological polar surface area (TPSA) is 171 Å². The molecule has 0 aliphatic rings. The van der Waals surface area contributed by atoms with Crippen LogP contribution >= 0.6 is 12.6 Å². The Bertz CT molecular complexity index is 490. The number of amides is 3. The fourth-order valence-electron chi connectivity index (χ4n) is 1.73. The molecule has 3 amide bonds. The molecule has 25 heavy (non-hydrogen) atoms. The number of aliphatic hydroxyl groups excluding tert-OH is 1. The zero-order valence-electron chi connectivity index (χ0n) is 14.2. The number of carboxylic acids is 1. The molecule has 0 fully saturated rings. The van der Waals surface area contributed by atoms with Crippen LogP contribution in [0, 0.1) is 5.92 Å². The Morgan fingerprint density at radius 3 is 2.08 bits per heavy atom. The lowest BCUT2D eigenvalue weighted by atomic mass is 9.99. The summed E-state index contributed by atoms with van der Waals surface area (Å²) in [6.07, 6.45) is 0.683. The first kappa shape index (κ1) is 23.1. The van der Waals surface area contributed by atoms with Gasteiger partial charge in [0.05, 0.1) is 12.6 Å². The molecule has 0 heterocycles. The molecule has 0 aromatic rings. The minimum absolute atomic E-state index is 0.0559. The Labute approximate surface area is 151 Å². The van der Waals surface area contributed by atoms with Gasteiger partial charge in [-0.1, -0.05) is 20.3 Å². The highest BCUT2D eigenvalue weighted by atomic mass is 32.1. The Balaban J connectivity index is 4.77. The molecule has 0 aromatic heterocycles. The van der Waals surface area contributed by atoms with Gasteiger partial charge >= 0.3 is 5.97 Å². The molecule has 0 bridgehead atoms. The largest absolute Gasteiger partial charge is 0.480 e. The smallest absolute Gasteiger partial charge is 0.322 e. The maximum absolute atomic E-state index is 12.2. The average molecular weight is 378 g/mol. The lowest BCUT2D eigenvalue weighted by molar-refractivity contribution is -0.138. The van der Waals surface area contributed by atoms with E-state index in [4.69, 9.17) is 10.8 Å². The molecule has 0 spiro atoms. The fraction of sp³-hybridized carbons (Fsp3) is 0.714. The molecular weight excluding hydrogens is 352 g/mol. The lowest BCUT2D eigenvalue weighted by Gasteiger charge is -2.23. The van der Waals surface area contributed by atoms with Crippen molar-refractivity contribution < 1.29 is 29.4 Å². The van der Waals surface area contributed by atoms with Gasteiger partial charge in [-0.05, 0) is 5.92 Å². The van der Waals surface area contributed by atoms with Crippen LogP contribution in [0.1, 0.15) is 20.3 Å². The third-order valence-electron chi connectivity index (χ3n) is 3.60. The first-order chi connectivity index (χ1) is 11.7. The van der Waals surface area contributed by atoms with Crippen molar-refractivity contribution in [3.63, 3.8) is 0 Å². The molecule has 10 nitrogen and oxygen atoms in total. The minimum Gasteiger partial charge on any atom is -0.480 e. The summed E-state index contributed by atoms with van der Waals surface area (Å²) in [7, 11) is 0. The molecule has 7 N–H and O–H groups in total. The Hall–Kier alpha value is -1.85. The molecule has 0 radical (unpaired) electrons. The number of nitrogens with two attached hydrogens (primary N) is 1. The summed E-state index contributed by atoms with van der Waals surface area (Å²) >= 11 is 3.99. The summed E-state index contributed by atoms with van der Waals surface area (Å²) in [4.78, 5) is 46.3. The van der Waals surface area contributed by atoms with Crippen LogP contribution in [0.4, 0.5) is 0 Å². The van der Waals surface area contributed by atoms with Gasteiger partial charge in [0.1, 0.15) is 18.6 Å². The fourth-order valence-corrected chi connectivity index (χ4v) is 1.98. The van der Waals surface area contributed by atoms with Crippen molar-refractivity contribution in [2.75, 3.05) is 18.9 Å². The van der Waals surface area contributed by atoms with Crippen LogP contribution in [-0.4, -0.2) is 70.9 Å². The first-order valence-corrected chi connectivity index (χ1v) is 8.38. The number of carbonyl (C=O) groups is 4. The summed E-state index contributed by atoms with van der Waals surface area (Å²) < 4.78 is 0. The second kappa shape index (κ2) is 11.7. The van der Waals surface area contributed by atoms with Crippen molar-refractivity contribution in [2.24, 2.45) is 11.7 Å². The van der Waals surface area contributed by atoms with Crippen molar-refractivity contribution in [1.82, 2.24) is 16.0 Å². The molecule has 0 aliphatic heterocycles. The van der Waals surface area contributed by atoms with E-state index in [1.807, 2.05) is 12.2 Å². The highest BCUT2D eigenvalue weighted by molar-refractivity contribution is 7.80. The van der Waals surface area contributed by atoms with Crippen LogP contribution in [0.15, 0.2) is 0 Å². The summed E-state index contributed by atoms with van der Waals surface area (Å²) in [6, 6.07) is -3.21. The normalized spacial score (nSPS) is 15.4. The summed E-state index contributed by atoms with van der Waals surface area (Å²) in [6.45, 7) is 2.29. The monoisotopic (exact) mass is 378 g/mol. The summed E-state index contributed by atoms with van der Waals surface area (Å²) in [5, 5.41) is 24.4. The number of carbonyl (C=O) groups excluding carboxylic acids is 3. The van der Waals surface area contributed by atoms with Gasteiger partial charge in [0.25, 0.3) is 0 Å². The van der Waals surface area contributed by atoms with Gasteiger partial charge in [0, 0.05) is 5.75 Å². The van der Waals surface area contributed by atoms with Crippen LogP contribution in [0.2, 0.25) is 0 Å². The van der Waals surface area contributed by atoms with Gasteiger partial charge < -0.3 is 31.9 Å². The predicted molar refractivity (Wildman–Crippen MR) is 92.9 cm³/mol. The molecule has 0 saturated carbocycles. The van der Waals surface area contributed by atoms with Gasteiger partial charge in [-0.3, -0.25) is 19.2 Å². The number of hydrogen-bond donors (Lipinski definition) is 7. The zero-order valence-corrected chi connectivity index (χ0v) is 15.1. The Morgan fingerprint density at radius 2 is 1.64 bits per heavy atom. The van der Waals surface area contributed by atoms with Crippen molar-refractivity contribution in [1.29, 1.82) is 0 Å². The van der Waals surface area contributed by atoms with E-state index in [9.17, 15) is 24.3 Å². The quantitative estimate of drug-likeness (QED) is 0.194. The molecule has 144 valence electrons. The number of aliphatic hydroxyl groups is 1. The number of aliphatic carboxylic acids is 1. The van der Waals surface area contributed by atoms with Crippen LogP contribution in [0.3, 0.4) is 0 Å². The van der Waals surface area contributed by atoms with Crippen molar-refractivity contribution in [2.45, 2.75) is 38.4 Å². The molecule has 4 unspecified atom stereocenters. The van der Waals surface area contributed by atoms with Crippen molar-refractivity contribution >= 4 is 36.3 Å². The Kier molecular flexibility index (Phi) is 10.8. The predicted octanol–water partition coefficient (Wildman–Crippen LogP) is -2.55. The molecule has 0 rings (SSSR count). The standard InChI is InChI=1S/C14H26N4O6S/c1-3-7(2)11(15)14(24)18-9(6-25)13(23)17-8(5-19)12(22)16-4-10(20)21/h7-9,11,19,25H,3-6,15H2,1-2H3,(H,16,22)(H,17,23)(H,18,24)(H,20,21). The molecular formula is C14H26N4O6S. The number of hydrogen-bond acceptors (Lipinski definition) is 7. The van der Waals surface area contributed by atoms with Gasteiger partial charge in [0.15, 0.2) is 0 Å². The third-order valence-corrected chi connectivity index (χ3v) is 3.97. The lowest BCUT2D eigenvalue weighted by Crippen LogP contribution is -2.58. The molecule has 0 saturated heterocycles. The SMILES string of the molecule is CCC(C)C(N)C(=O)NC(CS)C(=O)NC(CO)C(=O)NCC(=O)O. The maximum atomic E-state index is 12.2. The maximum Gasteiger partial charge on any atom is 0.322 e. The first-order valence-electron chi connectivity index (χ1n) is 7.75. The van der Waals surface area contributed by atoms with E-state index >= 15 is 0 Å². The molecule has 0 aliphatic carbocycles. The van der Waals surface area contributed by atoms with E-state index in [-0.39, 0.29) is 11.7 Å². The Morgan fingerprint density at radius 1 is 1.08 bits per heavy atom. The van der Waals surface area contributed by atoms with E-state index < -0.39 is 55.0 Å². The van der Waals surface area contributed by atoms with Gasteiger partial charge in [0.2, 0.25) is 17.7 Å². The third kappa shape index (κ3) is 8.18. The number of rotatable bonds is 11. The number of nitrogens with one attached hydrogen (secondary N) is 3. The average Bonchev–Trinajstić information content (AvgIpc) is 2.59. The van der Waals surface area contributed by atoms with Gasteiger partial charge in [-0.2, -0.15) is 12.6 Å². The van der Waals surface area contributed by atoms with E-state index in [2.05, 4.69) is 23.3 Å². The van der Waals surface area contributed by atoms with E-state index in [1.165, 1.54) is 0 Å². The van der Waals surface area contributed by atoms with Crippen LogP contribution in [0.5, 0.6) is 0 Å². The van der Waals surface area contributed by atoms with E-state index in [0.29, 0.717) is 6.42 Å². The second-order valence-electron chi connectivity index (χ2n) is 5.51. The summed E-state index contributed by atoms with van der Waals surface area (Å²) in [5.41, 5.74) is 5.79. The van der Waals surface area contributed by atoms with Gasteiger partial charge in [-0.25, -0.2) is 0 Å².